The summed E-state index contributed by atoms with van der Waals surface area (Å²) >= 11 is 0. The number of carbonyl (C=O) groups is 1. The molecule has 27 heavy (non-hydrogen) atoms. The molecule has 2 heterocycles. The van der Waals surface area contributed by atoms with Crippen LogP contribution in [-0.4, -0.2) is 35.3 Å². The third-order valence-electron chi connectivity index (χ3n) is 5.09. The highest BCUT2D eigenvalue weighted by Crippen LogP contribution is 2.22. The van der Waals surface area contributed by atoms with Gasteiger partial charge in [-0.15, -0.1) is 0 Å². The number of carbonyl (C=O) groups excluding carboxylic acids is 1. The molecule has 0 unspecified atom stereocenters. The maximum Gasteiger partial charge on any atom is 0.269 e. The lowest BCUT2D eigenvalue weighted by molar-refractivity contribution is -0.125. The molecular weight excluding hydrogens is 340 g/mol. The highest BCUT2D eigenvalue weighted by molar-refractivity contribution is 5.78. The lowest BCUT2D eigenvalue weighted by Crippen LogP contribution is -2.41. The van der Waals surface area contributed by atoms with Crippen molar-refractivity contribution in [2.75, 3.05) is 24.5 Å². The molecule has 0 saturated carbocycles. The van der Waals surface area contributed by atoms with Gasteiger partial charge in [0.15, 0.2) is 0 Å². The normalized spacial score (nSPS) is 14.9. The van der Waals surface area contributed by atoms with Crippen LogP contribution in [0.1, 0.15) is 38.2 Å². The fourth-order valence-corrected chi connectivity index (χ4v) is 3.40. The van der Waals surface area contributed by atoms with Gasteiger partial charge in [0.2, 0.25) is 5.91 Å². The molecule has 1 N–H and O–H groups in total. The molecule has 1 aromatic carbocycles. The van der Waals surface area contributed by atoms with E-state index >= 15 is 0 Å². The summed E-state index contributed by atoms with van der Waals surface area (Å²) in [6, 6.07) is 11.5. The van der Waals surface area contributed by atoms with Gasteiger partial charge in [-0.2, -0.15) is 5.10 Å². The number of piperidine rings is 1. The van der Waals surface area contributed by atoms with Crippen molar-refractivity contribution in [1.82, 2.24) is 15.1 Å². The Balaban J connectivity index is 1.56. The van der Waals surface area contributed by atoms with Crippen LogP contribution in [0.4, 0.5) is 5.69 Å². The van der Waals surface area contributed by atoms with Crippen LogP contribution >= 0.6 is 0 Å². The quantitative estimate of drug-likeness (QED) is 0.762. The maximum absolute atomic E-state index is 12.4. The van der Waals surface area contributed by atoms with E-state index < -0.39 is 0 Å². The second-order valence-corrected chi connectivity index (χ2v) is 7.10. The zero-order valence-electron chi connectivity index (χ0n) is 15.9. The zero-order chi connectivity index (χ0) is 19.1. The zero-order valence-corrected chi connectivity index (χ0v) is 15.9. The van der Waals surface area contributed by atoms with E-state index in [1.165, 1.54) is 4.68 Å². The fraction of sp³-hybridized carbons (Fsp3) is 0.476. The van der Waals surface area contributed by atoms with Crippen molar-refractivity contribution in [2.24, 2.45) is 5.92 Å². The molecule has 0 bridgehead atoms. The number of aromatic nitrogens is 2. The molecule has 3 rings (SSSR count). The average Bonchev–Trinajstić information content (AvgIpc) is 2.70. The maximum atomic E-state index is 12.4. The van der Waals surface area contributed by atoms with E-state index in [1.54, 1.807) is 12.3 Å². The number of unbranched alkanes of at least 4 members (excludes halogenated alkanes) is 1. The highest BCUT2D eigenvalue weighted by atomic mass is 16.2. The van der Waals surface area contributed by atoms with Crippen LogP contribution in [0, 0.1) is 5.92 Å². The van der Waals surface area contributed by atoms with Gasteiger partial charge in [0, 0.05) is 31.6 Å². The van der Waals surface area contributed by atoms with Crippen LogP contribution in [0.2, 0.25) is 0 Å². The molecule has 1 aliphatic rings. The first-order valence-corrected chi connectivity index (χ1v) is 9.81. The van der Waals surface area contributed by atoms with E-state index in [0.29, 0.717) is 6.54 Å². The number of hydrogen-bond acceptors (Lipinski definition) is 4. The molecule has 1 fully saturated rings. The van der Waals surface area contributed by atoms with Crippen LogP contribution in [0.5, 0.6) is 0 Å². The molecule has 0 aliphatic carbocycles. The summed E-state index contributed by atoms with van der Waals surface area (Å²) in [6.45, 7) is 4.90. The monoisotopic (exact) mass is 368 g/mol. The van der Waals surface area contributed by atoms with Crippen molar-refractivity contribution in [2.45, 2.75) is 39.2 Å². The molecule has 1 saturated heterocycles. The van der Waals surface area contributed by atoms with Gasteiger partial charge in [-0.3, -0.25) is 9.59 Å². The lowest BCUT2D eigenvalue weighted by Gasteiger charge is -2.32. The Morgan fingerprint density at radius 1 is 1.22 bits per heavy atom. The number of anilines is 1. The number of rotatable bonds is 7. The predicted molar refractivity (Wildman–Crippen MR) is 107 cm³/mol. The summed E-state index contributed by atoms with van der Waals surface area (Å²) in [5, 5.41) is 7.36. The Kier molecular flexibility index (Phi) is 6.63. The topological polar surface area (TPSA) is 67.2 Å². The molecule has 6 heteroatoms. The molecular formula is C21H28N4O2. The Morgan fingerprint density at radius 2 is 1.96 bits per heavy atom. The second-order valence-electron chi connectivity index (χ2n) is 7.10. The van der Waals surface area contributed by atoms with Crippen molar-refractivity contribution in [3.05, 3.63) is 58.5 Å². The summed E-state index contributed by atoms with van der Waals surface area (Å²) in [5.74, 6) is 0.240. The molecule has 0 atom stereocenters. The van der Waals surface area contributed by atoms with Gasteiger partial charge >= 0.3 is 0 Å². The minimum Gasteiger partial charge on any atom is -0.370 e. The van der Waals surface area contributed by atoms with E-state index in [4.69, 9.17) is 0 Å². The predicted octanol–water partition coefficient (Wildman–Crippen LogP) is 2.42. The van der Waals surface area contributed by atoms with Crippen molar-refractivity contribution in [1.29, 1.82) is 0 Å². The minimum absolute atomic E-state index is 0.0736. The molecule has 1 amide bonds. The molecule has 0 radical (unpaired) electrons. The van der Waals surface area contributed by atoms with E-state index in [2.05, 4.69) is 22.2 Å². The first kappa shape index (κ1) is 19.1. The SMILES string of the molecule is CCCCNC(=O)C1CCN(c2cnn(Cc3ccccc3)c(=O)c2)CC1. The Labute approximate surface area is 160 Å². The highest BCUT2D eigenvalue weighted by Gasteiger charge is 2.25. The van der Waals surface area contributed by atoms with E-state index in [-0.39, 0.29) is 17.4 Å². The first-order chi connectivity index (χ1) is 13.2. The van der Waals surface area contributed by atoms with Crippen LogP contribution in [0.3, 0.4) is 0 Å². The lowest BCUT2D eigenvalue weighted by atomic mass is 9.95. The van der Waals surface area contributed by atoms with Gasteiger partial charge in [-0.25, -0.2) is 4.68 Å². The molecule has 6 nitrogen and oxygen atoms in total. The molecule has 0 spiro atoms. The molecule has 2 aromatic rings. The third-order valence-corrected chi connectivity index (χ3v) is 5.09. The smallest absolute Gasteiger partial charge is 0.269 e. The summed E-state index contributed by atoms with van der Waals surface area (Å²) in [7, 11) is 0. The molecule has 144 valence electrons. The minimum atomic E-state index is -0.101. The van der Waals surface area contributed by atoms with Crippen molar-refractivity contribution in [3.63, 3.8) is 0 Å². The summed E-state index contributed by atoms with van der Waals surface area (Å²) < 4.78 is 1.48. The van der Waals surface area contributed by atoms with Crippen LogP contribution in [0.25, 0.3) is 0 Å². The van der Waals surface area contributed by atoms with Gasteiger partial charge in [-0.1, -0.05) is 43.7 Å². The summed E-state index contributed by atoms with van der Waals surface area (Å²) in [4.78, 5) is 26.8. The number of nitrogens with one attached hydrogen (secondary N) is 1. The first-order valence-electron chi connectivity index (χ1n) is 9.81. The van der Waals surface area contributed by atoms with E-state index in [9.17, 15) is 9.59 Å². The van der Waals surface area contributed by atoms with Crippen molar-refractivity contribution >= 4 is 11.6 Å². The van der Waals surface area contributed by atoms with E-state index in [1.807, 2.05) is 30.3 Å². The molecule has 1 aliphatic heterocycles. The van der Waals surface area contributed by atoms with Gasteiger partial charge < -0.3 is 10.2 Å². The molecule has 1 aromatic heterocycles. The number of nitrogens with zero attached hydrogens (tertiary/aromatic N) is 3. The van der Waals surface area contributed by atoms with Gasteiger partial charge in [0.05, 0.1) is 18.4 Å². The van der Waals surface area contributed by atoms with Crippen LogP contribution in [0.15, 0.2) is 47.4 Å². The number of benzene rings is 1. The van der Waals surface area contributed by atoms with Gasteiger partial charge in [0.25, 0.3) is 5.56 Å². The Morgan fingerprint density at radius 3 is 2.63 bits per heavy atom. The summed E-state index contributed by atoms with van der Waals surface area (Å²) in [6.07, 6.45) is 5.49. The van der Waals surface area contributed by atoms with E-state index in [0.717, 1.165) is 56.6 Å². The average molecular weight is 368 g/mol. The van der Waals surface area contributed by atoms with Gasteiger partial charge in [0.1, 0.15) is 0 Å². The second kappa shape index (κ2) is 9.35. The van der Waals surface area contributed by atoms with Crippen LogP contribution < -0.4 is 15.8 Å². The van der Waals surface area contributed by atoms with Crippen LogP contribution in [-0.2, 0) is 11.3 Å². The standard InChI is InChI=1S/C21H28N4O2/c1-2-3-11-22-21(27)18-9-12-24(13-10-18)19-14-20(26)25(23-15-19)16-17-7-5-4-6-8-17/h4-8,14-15,18H,2-3,9-13,16H2,1H3,(H,22,27). The summed E-state index contributed by atoms with van der Waals surface area (Å²) in [5.41, 5.74) is 1.79. The Bertz CT molecular complexity index is 795. The third kappa shape index (κ3) is 5.18. The van der Waals surface area contributed by atoms with Crippen molar-refractivity contribution in [3.8, 4) is 0 Å². The number of amides is 1. The van der Waals surface area contributed by atoms with Crippen molar-refractivity contribution < 1.29 is 4.79 Å². The number of hydrogen-bond donors (Lipinski definition) is 1. The Hall–Kier alpha value is -2.63. The largest absolute Gasteiger partial charge is 0.370 e. The fourth-order valence-electron chi connectivity index (χ4n) is 3.40. The van der Waals surface area contributed by atoms with Gasteiger partial charge in [-0.05, 0) is 24.8 Å².